The number of amides is 1. The summed E-state index contributed by atoms with van der Waals surface area (Å²) in [6.07, 6.45) is 0. The van der Waals surface area contributed by atoms with Crippen molar-refractivity contribution in [1.29, 1.82) is 0 Å². The van der Waals surface area contributed by atoms with Crippen LogP contribution in [0.15, 0.2) is 21.7 Å². The molecule has 1 amide bonds. The topological polar surface area (TPSA) is 73.1 Å². The minimum Gasteiger partial charge on any atom is -0.496 e. The van der Waals surface area contributed by atoms with Crippen LogP contribution >= 0.6 is 15.9 Å². The quantitative estimate of drug-likeness (QED) is 0.697. The van der Waals surface area contributed by atoms with Crippen molar-refractivity contribution >= 4 is 44.6 Å². The minimum atomic E-state index is -0.494. The zero-order valence-corrected chi connectivity index (χ0v) is 15.3. The van der Waals surface area contributed by atoms with E-state index < -0.39 is 5.97 Å². The number of nitrogens with zero attached hydrogens (tertiary/aromatic N) is 3. The number of carbonyl (C=O) groups excluding carboxylic acids is 2. The zero-order valence-electron chi connectivity index (χ0n) is 13.7. The molecule has 8 heteroatoms. The maximum atomic E-state index is 11.8. The number of benzene rings is 1. The van der Waals surface area contributed by atoms with Gasteiger partial charge in [0.25, 0.3) is 0 Å². The van der Waals surface area contributed by atoms with Crippen LogP contribution in [0.1, 0.15) is 25.1 Å². The predicted octanol–water partition coefficient (Wildman–Crippen LogP) is 2.54. The molecular formula is C16H16BrN3O4. The van der Waals surface area contributed by atoms with E-state index in [2.05, 4.69) is 21.0 Å². The van der Waals surface area contributed by atoms with Gasteiger partial charge in [-0.3, -0.25) is 9.59 Å². The van der Waals surface area contributed by atoms with Crippen LogP contribution in [0.5, 0.6) is 5.75 Å². The molecule has 0 radical (unpaired) electrons. The molecule has 1 aliphatic rings. The van der Waals surface area contributed by atoms with Gasteiger partial charge in [0.05, 0.1) is 34.9 Å². The van der Waals surface area contributed by atoms with Gasteiger partial charge in [0, 0.05) is 26.3 Å². The lowest BCUT2D eigenvalue weighted by atomic mass is 10.1. The fourth-order valence-electron chi connectivity index (χ4n) is 2.80. The van der Waals surface area contributed by atoms with Crippen molar-refractivity contribution < 1.29 is 19.1 Å². The summed E-state index contributed by atoms with van der Waals surface area (Å²) < 4.78 is 13.4. The Balaban J connectivity index is 2.31. The summed E-state index contributed by atoms with van der Waals surface area (Å²) in [5, 5.41) is 6.32. The number of hydrogen-bond donors (Lipinski definition) is 0. The predicted molar refractivity (Wildman–Crippen MR) is 91.7 cm³/mol. The summed E-state index contributed by atoms with van der Waals surface area (Å²) in [7, 11) is 3.48. The molecule has 126 valence electrons. The van der Waals surface area contributed by atoms with Crippen LogP contribution in [-0.2, 0) is 27.9 Å². The summed E-state index contributed by atoms with van der Waals surface area (Å²) in [6.45, 7) is 3.03. The minimum absolute atomic E-state index is 0.119. The molecule has 3 rings (SSSR count). The maximum absolute atomic E-state index is 11.8. The van der Waals surface area contributed by atoms with E-state index in [0.717, 1.165) is 21.1 Å². The first-order valence-corrected chi connectivity index (χ1v) is 8.03. The number of hydrazone groups is 1. The van der Waals surface area contributed by atoms with E-state index in [1.807, 2.05) is 23.7 Å². The standard InChI is InChI=1S/C16H16BrN3O4/c1-8(21)20-7-13-15(16(18-20)24-9(2)22)10-5-14(23-4)11(17)6-12(10)19(13)3/h5-6H,7H2,1-4H3. The fourth-order valence-corrected chi connectivity index (χ4v) is 3.29. The number of hydrogen-bond acceptors (Lipinski definition) is 5. The molecule has 24 heavy (non-hydrogen) atoms. The molecular weight excluding hydrogens is 378 g/mol. The molecule has 0 saturated heterocycles. The van der Waals surface area contributed by atoms with E-state index in [-0.39, 0.29) is 11.8 Å². The van der Waals surface area contributed by atoms with Gasteiger partial charge in [0.2, 0.25) is 11.8 Å². The van der Waals surface area contributed by atoms with Gasteiger partial charge in [0.1, 0.15) is 5.75 Å². The van der Waals surface area contributed by atoms with Crippen molar-refractivity contribution in [3.05, 3.63) is 27.9 Å². The number of methoxy groups -OCH3 is 1. The lowest BCUT2D eigenvalue weighted by Gasteiger charge is -2.23. The molecule has 0 saturated carbocycles. The first kappa shape index (κ1) is 16.5. The van der Waals surface area contributed by atoms with Crippen LogP contribution in [0.2, 0.25) is 0 Å². The molecule has 1 aromatic carbocycles. The van der Waals surface area contributed by atoms with E-state index in [0.29, 0.717) is 17.9 Å². The number of esters is 1. The Hall–Kier alpha value is -2.35. The van der Waals surface area contributed by atoms with Gasteiger partial charge >= 0.3 is 5.97 Å². The molecule has 0 atom stereocenters. The number of ether oxygens (including phenoxy) is 2. The lowest BCUT2D eigenvalue weighted by molar-refractivity contribution is -0.134. The van der Waals surface area contributed by atoms with Gasteiger partial charge in [-0.1, -0.05) is 0 Å². The molecule has 0 spiro atoms. The van der Waals surface area contributed by atoms with E-state index in [9.17, 15) is 9.59 Å². The second-order valence-electron chi connectivity index (χ2n) is 5.46. The molecule has 0 bridgehead atoms. The summed E-state index contributed by atoms with van der Waals surface area (Å²) in [6, 6.07) is 3.79. The first-order valence-electron chi connectivity index (χ1n) is 7.23. The van der Waals surface area contributed by atoms with Crippen LogP contribution in [0, 0.1) is 0 Å². The van der Waals surface area contributed by atoms with Crippen LogP contribution in [0.25, 0.3) is 10.9 Å². The van der Waals surface area contributed by atoms with Crippen LogP contribution in [-0.4, -0.2) is 34.5 Å². The summed E-state index contributed by atoms with van der Waals surface area (Å²) in [4.78, 5) is 23.2. The van der Waals surface area contributed by atoms with Crippen molar-refractivity contribution in [1.82, 2.24) is 9.58 Å². The van der Waals surface area contributed by atoms with E-state index in [1.54, 1.807) is 7.11 Å². The maximum Gasteiger partial charge on any atom is 0.309 e. The smallest absolute Gasteiger partial charge is 0.309 e. The molecule has 0 unspecified atom stereocenters. The van der Waals surface area contributed by atoms with Gasteiger partial charge < -0.3 is 14.0 Å². The van der Waals surface area contributed by atoms with Gasteiger partial charge in [-0.15, -0.1) is 5.10 Å². The molecule has 0 fully saturated rings. The Labute approximate surface area is 146 Å². The lowest BCUT2D eigenvalue weighted by Crippen LogP contribution is -2.31. The molecule has 2 aromatic rings. The van der Waals surface area contributed by atoms with Gasteiger partial charge in [-0.05, 0) is 28.1 Å². The van der Waals surface area contributed by atoms with E-state index in [4.69, 9.17) is 9.47 Å². The molecule has 0 N–H and O–H groups in total. The number of aryl methyl sites for hydroxylation is 1. The molecule has 0 aliphatic carbocycles. The van der Waals surface area contributed by atoms with Crippen LogP contribution in [0.4, 0.5) is 0 Å². The van der Waals surface area contributed by atoms with Crippen LogP contribution in [0.3, 0.4) is 0 Å². The van der Waals surface area contributed by atoms with Crippen molar-refractivity contribution in [3.63, 3.8) is 0 Å². The average Bonchev–Trinajstić information content (AvgIpc) is 2.78. The van der Waals surface area contributed by atoms with Gasteiger partial charge in [-0.25, -0.2) is 5.01 Å². The van der Waals surface area contributed by atoms with Crippen molar-refractivity contribution in [2.24, 2.45) is 12.1 Å². The monoisotopic (exact) mass is 393 g/mol. The van der Waals surface area contributed by atoms with Crippen LogP contribution < -0.4 is 4.74 Å². The first-order chi connectivity index (χ1) is 11.3. The Bertz CT molecular complexity index is 901. The highest BCUT2D eigenvalue weighted by molar-refractivity contribution is 9.10. The third-order valence-electron chi connectivity index (χ3n) is 3.92. The highest BCUT2D eigenvalue weighted by Crippen LogP contribution is 2.36. The summed E-state index contributed by atoms with van der Waals surface area (Å²) >= 11 is 3.48. The normalized spacial score (nSPS) is 13.5. The molecule has 2 heterocycles. The highest BCUT2D eigenvalue weighted by atomic mass is 79.9. The van der Waals surface area contributed by atoms with Crippen molar-refractivity contribution in [3.8, 4) is 5.75 Å². The average molecular weight is 394 g/mol. The Morgan fingerprint density at radius 2 is 2.00 bits per heavy atom. The molecule has 1 aliphatic heterocycles. The van der Waals surface area contributed by atoms with E-state index in [1.165, 1.54) is 18.9 Å². The third kappa shape index (κ3) is 2.56. The fraction of sp³-hybridized carbons (Fsp3) is 0.312. The number of carbonyl (C=O) groups is 2. The van der Waals surface area contributed by atoms with E-state index >= 15 is 0 Å². The second kappa shape index (κ2) is 5.94. The van der Waals surface area contributed by atoms with Gasteiger partial charge in [0.15, 0.2) is 0 Å². The largest absolute Gasteiger partial charge is 0.496 e. The Morgan fingerprint density at radius 1 is 1.29 bits per heavy atom. The summed E-state index contributed by atoms with van der Waals surface area (Å²) in [5.41, 5.74) is 2.45. The third-order valence-corrected chi connectivity index (χ3v) is 4.54. The zero-order chi connectivity index (χ0) is 17.6. The Morgan fingerprint density at radius 3 is 2.58 bits per heavy atom. The Kier molecular flexibility index (Phi) is 4.08. The number of rotatable bonds is 1. The number of halogens is 1. The molecule has 1 aromatic heterocycles. The van der Waals surface area contributed by atoms with Crippen molar-refractivity contribution in [2.45, 2.75) is 20.4 Å². The summed E-state index contributed by atoms with van der Waals surface area (Å²) in [5.74, 6) is 0.0569. The molecule has 7 nitrogen and oxygen atoms in total. The van der Waals surface area contributed by atoms with Crippen molar-refractivity contribution in [2.75, 3.05) is 7.11 Å². The second-order valence-corrected chi connectivity index (χ2v) is 6.31. The van der Waals surface area contributed by atoms with Gasteiger partial charge in [-0.2, -0.15) is 0 Å². The number of aromatic nitrogens is 1. The SMILES string of the molecule is COc1cc2c3c(n(C)c2cc1Br)CN(C(C)=O)N=C3OC(C)=O. The highest BCUT2D eigenvalue weighted by Gasteiger charge is 2.30. The number of fused-ring (bicyclic) bond motifs is 3.